The van der Waals surface area contributed by atoms with E-state index in [1.54, 1.807) is 6.92 Å². The predicted molar refractivity (Wildman–Crippen MR) is 142 cm³/mol. The number of hydrogen-bond donors (Lipinski definition) is 0. The number of benzene rings is 3. The normalized spacial score (nSPS) is 17.6. The van der Waals surface area contributed by atoms with Crippen LogP contribution in [0.25, 0.3) is 11.1 Å². The van der Waals surface area contributed by atoms with E-state index < -0.39 is 23.3 Å². The smallest absolute Gasteiger partial charge is 0.201 e. The topological polar surface area (TPSA) is 18.5 Å². The highest BCUT2D eigenvalue weighted by Gasteiger charge is 2.21. The molecule has 0 unspecified atom stereocenters. The van der Waals surface area contributed by atoms with Crippen molar-refractivity contribution in [2.75, 3.05) is 6.61 Å². The van der Waals surface area contributed by atoms with Crippen LogP contribution < -0.4 is 9.47 Å². The molecule has 0 N–H and O–H groups in total. The van der Waals surface area contributed by atoms with E-state index in [9.17, 15) is 17.6 Å². The van der Waals surface area contributed by atoms with Crippen molar-refractivity contribution in [3.8, 4) is 22.6 Å². The van der Waals surface area contributed by atoms with E-state index >= 15 is 0 Å². The Labute approximate surface area is 222 Å². The van der Waals surface area contributed by atoms with Crippen LogP contribution in [-0.4, -0.2) is 6.61 Å². The van der Waals surface area contributed by atoms with E-state index in [1.807, 2.05) is 24.3 Å². The minimum atomic E-state index is -1.29. The molecule has 202 valence electrons. The lowest BCUT2D eigenvalue weighted by Crippen LogP contribution is -2.09. The fraction of sp³-hybridized carbons (Fsp3) is 0.375. The molecule has 1 aliphatic carbocycles. The fourth-order valence-corrected chi connectivity index (χ4v) is 4.85. The highest BCUT2D eigenvalue weighted by Crippen LogP contribution is 2.33. The van der Waals surface area contributed by atoms with Crippen molar-refractivity contribution in [2.45, 2.75) is 59.0 Å². The zero-order chi connectivity index (χ0) is 27.1. The maximum absolute atomic E-state index is 14.8. The molecule has 0 bridgehead atoms. The van der Waals surface area contributed by atoms with Gasteiger partial charge in [-0.1, -0.05) is 56.2 Å². The van der Waals surface area contributed by atoms with E-state index in [0.717, 1.165) is 18.8 Å². The van der Waals surface area contributed by atoms with E-state index in [2.05, 4.69) is 19.1 Å². The standard InChI is InChI=1S/C32H34F4O2/c1-3-37-28-19-18-27(31(35)32(28)36)26-17-14-24(29(33)30(26)34)20-38-25-15-12-23(13-16-25)7-5-4-6-22-10-8-21(2)9-11-22/h4,6,12-19,21-22H,3,5,7-11,20H2,1-2H3/b6-4+. The minimum Gasteiger partial charge on any atom is -0.491 e. The Morgan fingerprint density at radius 3 is 2.11 bits per heavy atom. The number of rotatable bonds is 10. The predicted octanol–water partition coefficient (Wildman–Crippen LogP) is 9.20. The first-order valence-electron chi connectivity index (χ1n) is 13.3. The number of allylic oxidation sites excluding steroid dienone is 2. The molecule has 0 atom stereocenters. The van der Waals surface area contributed by atoms with Gasteiger partial charge in [0, 0.05) is 16.7 Å². The summed E-state index contributed by atoms with van der Waals surface area (Å²) in [6.07, 6.45) is 11.7. The second-order valence-corrected chi connectivity index (χ2v) is 9.99. The SMILES string of the molecule is CCOc1ccc(-c2ccc(COc3ccc(CC/C=C/C4CCC(C)CC4)cc3)c(F)c2F)c(F)c1F. The van der Waals surface area contributed by atoms with Crippen molar-refractivity contribution in [3.05, 3.63) is 95.1 Å². The molecular formula is C32H34F4O2. The Morgan fingerprint density at radius 2 is 1.42 bits per heavy atom. The van der Waals surface area contributed by atoms with Crippen LogP contribution in [0, 0.1) is 35.1 Å². The van der Waals surface area contributed by atoms with Gasteiger partial charge in [0.1, 0.15) is 12.4 Å². The van der Waals surface area contributed by atoms with Gasteiger partial charge in [0.2, 0.25) is 5.82 Å². The van der Waals surface area contributed by atoms with Crippen LogP contribution in [0.4, 0.5) is 17.6 Å². The molecule has 4 rings (SSSR count). The van der Waals surface area contributed by atoms with Gasteiger partial charge in [0.25, 0.3) is 0 Å². The van der Waals surface area contributed by atoms with Gasteiger partial charge in [-0.3, -0.25) is 0 Å². The van der Waals surface area contributed by atoms with Gasteiger partial charge in [-0.2, -0.15) is 4.39 Å². The van der Waals surface area contributed by atoms with Crippen LogP contribution in [0.2, 0.25) is 0 Å². The average Bonchev–Trinajstić information content (AvgIpc) is 2.92. The summed E-state index contributed by atoms with van der Waals surface area (Å²) < 4.78 is 69.0. The molecule has 1 saturated carbocycles. The highest BCUT2D eigenvalue weighted by molar-refractivity contribution is 5.66. The van der Waals surface area contributed by atoms with Crippen molar-refractivity contribution >= 4 is 0 Å². The van der Waals surface area contributed by atoms with Crippen LogP contribution in [0.5, 0.6) is 11.5 Å². The number of hydrogen-bond acceptors (Lipinski definition) is 2. The second kappa shape index (κ2) is 13.0. The van der Waals surface area contributed by atoms with Crippen molar-refractivity contribution in [1.82, 2.24) is 0 Å². The number of halogens is 4. The lowest BCUT2D eigenvalue weighted by atomic mass is 9.83. The summed E-state index contributed by atoms with van der Waals surface area (Å²) in [4.78, 5) is 0. The Hall–Kier alpha value is -3.28. The number of aryl methyl sites for hydroxylation is 1. The molecule has 0 spiro atoms. The van der Waals surface area contributed by atoms with E-state index in [0.29, 0.717) is 11.7 Å². The Morgan fingerprint density at radius 1 is 0.763 bits per heavy atom. The monoisotopic (exact) mass is 526 g/mol. The molecule has 2 nitrogen and oxygen atoms in total. The molecule has 6 heteroatoms. The summed E-state index contributed by atoms with van der Waals surface area (Å²) in [5, 5.41) is 0. The molecule has 0 heterocycles. The maximum Gasteiger partial charge on any atom is 0.201 e. The Bertz CT molecular complexity index is 1250. The van der Waals surface area contributed by atoms with E-state index in [-0.39, 0.29) is 35.7 Å². The van der Waals surface area contributed by atoms with Gasteiger partial charge in [-0.25, -0.2) is 13.2 Å². The zero-order valence-corrected chi connectivity index (χ0v) is 21.9. The molecule has 0 radical (unpaired) electrons. The van der Waals surface area contributed by atoms with Crippen LogP contribution in [0.15, 0.2) is 60.7 Å². The summed E-state index contributed by atoms with van der Waals surface area (Å²) in [6.45, 7) is 3.90. The molecule has 1 aliphatic rings. The molecule has 1 fully saturated rings. The molecule has 0 amide bonds. The first-order chi connectivity index (χ1) is 18.4. The Balaban J connectivity index is 1.33. The summed E-state index contributed by atoms with van der Waals surface area (Å²) >= 11 is 0. The van der Waals surface area contributed by atoms with Gasteiger partial charge in [-0.15, -0.1) is 0 Å². The van der Waals surface area contributed by atoms with Gasteiger partial charge >= 0.3 is 0 Å². The lowest BCUT2D eigenvalue weighted by molar-refractivity contribution is 0.297. The maximum atomic E-state index is 14.8. The van der Waals surface area contributed by atoms with Crippen molar-refractivity contribution in [3.63, 3.8) is 0 Å². The largest absolute Gasteiger partial charge is 0.491 e. The van der Waals surface area contributed by atoms with Crippen molar-refractivity contribution in [2.24, 2.45) is 11.8 Å². The van der Waals surface area contributed by atoms with Gasteiger partial charge < -0.3 is 9.47 Å². The van der Waals surface area contributed by atoms with Gasteiger partial charge in [-0.05, 0) is 74.3 Å². The minimum absolute atomic E-state index is 0.0237. The molecule has 3 aromatic carbocycles. The lowest BCUT2D eigenvalue weighted by Gasteiger charge is -2.23. The van der Waals surface area contributed by atoms with Crippen LogP contribution in [0.3, 0.4) is 0 Å². The van der Waals surface area contributed by atoms with E-state index in [1.165, 1.54) is 55.5 Å². The van der Waals surface area contributed by atoms with Crippen molar-refractivity contribution < 1.29 is 27.0 Å². The van der Waals surface area contributed by atoms with E-state index in [4.69, 9.17) is 9.47 Å². The van der Waals surface area contributed by atoms with Crippen molar-refractivity contribution in [1.29, 1.82) is 0 Å². The zero-order valence-electron chi connectivity index (χ0n) is 21.9. The van der Waals surface area contributed by atoms with Crippen LogP contribution in [0.1, 0.15) is 57.1 Å². The molecule has 3 aromatic rings. The fourth-order valence-electron chi connectivity index (χ4n) is 4.85. The molecule has 38 heavy (non-hydrogen) atoms. The van der Waals surface area contributed by atoms with Gasteiger partial charge in [0.05, 0.1) is 6.61 Å². The number of ether oxygens (including phenoxy) is 2. The van der Waals surface area contributed by atoms with Crippen LogP contribution in [-0.2, 0) is 13.0 Å². The second-order valence-electron chi connectivity index (χ2n) is 9.99. The first kappa shape index (κ1) is 27.7. The Kier molecular flexibility index (Phi) is 9.48. The van der Waals surface area contributed by atoms with Crippen LogP contribution >= 0.6 is 0 Å². The van der Waals surface area contributed by atoms with Gasteiger partial charge in [0.15, 0.2) is 23.2 Å². The molecule has 0 aromatic heterocycles. The molecular weight excluding hydrogens is 492 g/mol. The summed E-state index contributed by atoms with van der Waals surface area (Å²) in [5.74, 6) is -3.14. The molecule has 0 saturated heterocycles. The third-order valence-electron chi connectivity index (χ3n) is 7.19. The summed E-state index contributed by atoms with van der Waals surface area (Å²) in [5.41, 5.74) is 0.394. The summed E-state index contributed by atoms with van der Waals surface area (Å²) in [6, 6.07) is 12.5. The first-order valence-corrected chi connectivity index (χ1v) is 13.3. The average molecular weight is 527 g/mol. The summed E-state index contributed by atoms with van der Waals surface area (Å²) in [7, 11) is 0. The molecule has 0 aliphatic heterocycles. The third-order valence-corrected chi connectivity index (χ3v) is 7.19. The quantitative estimate of drug-likeness (QED) is 0.194. The highest BCUT2D eigenvalue weighted by atomic mass is 19.2. The third kappa shape index (κ3) is 6.77.